The number of hydrogen-bond acceptors (Lipinski definition) is 5. The molecule has 1 atom stereocenters. The number of methoxy groups -OCH3 is 1. The number of aromatic nitrogens is 1. The maximum absolute atomic E-state index is 12.6. The maximum Gasteiger partial charge on any atom is 0.310 e. The molecule has 1 heterocycles. The predicted octanol–water partition coefficient (Wildman–Crippen LogP) is 2.30. The average molecular weight is 342 g/mol. The Balaban J connectivity index is 2.03. The van der Waals surface area contributed by atoms with Crippen molar-refractivity contribution in [1.29, 1.82) is 0 Å². The Hall–Kier alpha value is -2.89. The minimum Gasteiger partial charge on any atom is -0.484 e. The predicted molar refractivity (Wildman–Crippen MR) is 92.8 cm³/mol. The van der Waals surface area contributed by atoms with Crippen LogP contribution in [-0.2, 0) is 20.9 Å². The second-order valence-corrected chi connectivity index (χ2v) is 5.62. The summed E-state index contributed by atoms with van der Waals surface area (Å²) in [6, 6.07) is 14.6. The zero-order valence-electron chi connectivity index (χ0n) is 14.4. The van der Waals surface area contributed by atoms with Crippen LogP contribution in [0.4, 0.5) is 0 Å². The van der Waals surface area contributed by atoms with Gasteiger partial charge in [0.15, 0.2) is 6.61 Å². The molecule has 0 spiro atoms. The topological polar surface area (TPSA) is 68.7 Å². The molecule has 0 saturated heterocycles. The summed E-state index contributed by atoms with van der Waals surface area (Å²) in [5.74, 6) is -0.392. The van der Waals surface area contributed by atoms with E-state index in [1.54, 1.807) is 30.2 Å². The largest absolute Gasteiger partial charge is 0.484 e. The minimum absolute atomic E-state index is 0.106. The number of rotatable bonds is 8. The lowest BCUT2D eigenvalue weighted by molar-refractivity contribution is -0.147. The van der Waals surface area contributed by atoms with E-state index in [4.69, 9.17) is 9.47 Å². The van der Waals surface area contributed by atoms with Crippen LogP contribution in [0.25, 0.3) is 0 Å². The molecular formula is C19H22N2O4. The fourth-order valence-electron chi connectivity index (χ4n) is 2.30. The lowest BCUT2D eigenvalue weighted by Gasteiger charge is -2.25. The zero-order chi connectivity index (χ0) is 18.1. The van der Waals surface area contributed by atoms with Crippen LogP contribution in [0, 0.1) is 5.92 Å². The van der Waals surface area contributed by atoms with Crippen molar-refractivity contribution in [3.8, 4) is 5.75 Å². The van der Waals surface area contributed by atoms with Gasteiger partial charge in [-0.3, -0.25) is 14.6 Å². The number of carbonyl (C=O) groups is 2. The number of carbonyl (C=O) groups excluding carboxylic acids is 2. The van der Waals surface area contributed by atoms with Crippen molar-refractivity contribution in [1.82, 2.24) is 9.88 Å². The molecule has 1 aromatic heterocycles. The van der Waals surface area contributed by atoms with Gasteiger partial charge in [-0.2, -0.15) is 0 Å². The Morgan fingerprint density at radius 3 is 2.48 bits per heavy atom. The van der Waals surface area contributed by atoms with Gasteiger partial charge in [0, 0.05) is 12.7 Å². The van der Waals surface area contributed by atoms with E-state index in [1.807, 2.05) is 36.4 Å². The number of hydrogen-bond donors (Lipinski definition) is 0. The van der Waals surface area contributed by atoms with Crippen LogP contribution in [0.5, 0.6) is 5.75 Å². The number of ether oxygens (including phenoxy) is 2. The van der Waals surface area contributed by atoms with Gasteiger partial charge in [0.1, 0.15) is 5.75 Å². The summed E-state index contributed by atoms with van der Waals surface area (Å²) in [5.41, 5.74) is 0.743. The van der Waals surface area contributed by atoms with E-state index >= 15 is 0 Å². The van der Waals surface area contributed by atoms with Gasteiger partial charge >= 0.3 is 5.97 Å². The van der Waals surface area contributed by atoms with E-state index in [0.717, 1.165) is 5.69 Å². The molecule has 0 fully saturated rings. The quantitative estimate of drug-likeness (QED) is 0.689. The van der Waals surface area contributed by atoms with Gasteiger partial charge in [0.2, 0.25) is 0 Å². The van der Waals surface area contributed by atoms with Gasteiger partial charge in [0.05, 0.1) is 25.3 Å². The van der Waals surface area contributed by atoms with Crippen LogP contribution in [0.1, 0.15) is 12.6 Å². The Bertz CT molecular complexity index is 676. The summed E-state index contributed by atoms with van der Waals surface area (Å²) < 4.78 is 10.3. The van der Waals surface area contributed by atoms with E-state index < -0.39 is 5.92 Å². The summed E-state index contributed by atoms with van der Waals surface area (Å²) in [7, 11) is 1.34. The number of benzene rings is 1. The van der Waals surface area contributed by atoms with Gasteiger partial charge in [-0.05, 0) is 24.3 Å². The molecule has 1 amide bonds. The number of esters is 1. The Labute approximate surface area is 147 Å². The van der Waals surface area contributed by atoms with Crippen molar-refractivity contribution >= 4 is 11.9 Å². The van der Waals surface area contributed by atoms with Gasteiger partial charge in [-0.15, -0.1) is 0 Å². The lowest BCUT2D eigenvalue weighted by atomic mass is 10.1. The highest BCUT2D eigenvalue weighted by atomic mass is 16.5. The van der Waals surface area contributed by atoms with Crippen LogP contribution in [0.3, 0.4) is 0 Å². The molecule has 1 aromatic carbocycles. The maximum atomic E-state index is 12.6. The molecule has 2 rings (SSSR count). The van der Waals surface area contributed by atoms with E-state index in [9.17, 15) is 9.59 Å². The number of amides is 1. The third kappa shape index (κ3) is 5.91. The molecule has 0 bridgehead atoms. The lowest BCUT2D eigenvalue weighted by Crippen LogP contribution is -2.39. The molecule has 0 aliphatic heterocycles. The van der Waals surface area contributed by atoms with Crippen molar-refractivity contribution in [2.24, 2.45) is 5.92 Å². The molecule has 0 aliphatic carbocycles. The third-order valence-electron chi connectivity index (χ3n) is 3.64. The van der Waals surface area contributed by atoms with Crippen LogP contribution in [0.2, 0.25) is 0 Å². The molecule has 132 valence electrons. The SMILES string of the molecule is COC(=O)C(C)CN(Cc1ccccn1)C(=O)COc1ccccc1. The Kier molecular flexibility index (Phi) is 6.95. The van der Waals surface area contributed by atoms with Gasteiger partial charge in [-0.25, -0.2) is 0 Å². The van der Waals surface area contributed by atoms with Crippen molar-refractivity contribution in [2.75, 3.05) is 20.3 Å². The van der Waals surface area contributed by atoms with Crippen LogP contribution in [-0.4, -0.2) is 42.0 Å². The molecule has 1 unspecified atom stereocenters. The number of nitrogens with zero attached hydrogens (tertiary/aromatic N) is 2. The van der Waals surface area contributed by atoms with Crippen molar-refractivity contribution in [3.05, 3.63) is 60.4 Å². The highest BCUT2D eigenvalue weighted by Gasteiger charge is 2.22. The molecule has 25 heavy (non-hydrogen) atoms. The number of para-hydroxylation sites is 1. The fraction of sp³-hybridized carbons (Fsp3) is 0.316. The summed E-state index contributed by atoms with van der Waals surface area (Å²) in [4.78, 5) is 30.1. The van der Waals surface area contributed by atoms with Crippen molar-refractivity contribution in [3.63, 3.8) is 0 Å². The second-order valence-electron chi connectivity index (χ2n) is 5.62. The van der Waals surface area contributed by atoms with E-state index in [2.05, 4.69) is 4.98 Å². The van der Waals surface area contributed by atoms with Crippen LogP contribution < -0.4 is 4.74 Å². The molecular weight excluding hydrogens is 320 g/mol. The van der Waals surface area contributed by atoms with Crippen LogP contribution in [0.15, 0.2) is 54.7 Å². The summed E-state index contributed by atoms with van der Waals surface area (Å²) in [6.45, 7) is 2.16. The fourth-order valence-corrected chi connectivity index (χ4v) is 2.30. The summed E-state index contributed by atoms with van der Waals surface area (Å²) in [6.07, 6.45) is 1.67. The highest BCUT2D eigenvalue weighted by Crippen LogP contribution is 2.11. The standard InChI is InChI=1S/C19H22N2O4/c1-15(19(23)24-2)12-21(13-16-8-6-7-11-20-16)18(22)14-25-17-9-4-3-5-10-17/h3-11,15H,12-14H2,1-2H3. The highest BCUT2D eigenvalue weighted by molar-refractivity contribution is 5.79. The van der Waals surface area contributed by atoms with Crippen molar-refractivity contribution in [2.45, 2.75) is 13.5 Å². The van der Waals surface area contributed by atoms with Gasteiger partial charge in [0.25, 0.3) is 5.91 Å². The smallest absolute Gasteiger partial charge is 0.310 e. The Morgan fingerprint density at radius 2 is 1.84 bits per heavy atom. The first-order valence-corrected chi connectivity index (χ1v) is 8.03. The van der Waals surface area contributed by atoms with Crippen LogP contribution >= 0.6 is 0 Å². The molecule has 0 aliphatic rings. The van der Waals surface area contributed by atoms with Crippen molar-refractivity contribution < 1.29 is 19.1 Å². The minimum atomic E-state index is -0.436. The zero-order valence-corrected chi connectivity index (χ0v) is 14.4. The monoisotopic (exact) mass is 342 g/mol. The molecule has 2 aromatic rings. The molecule has 0 N–H and O–H groups in total. The van der Waals surface area contributed by atoms with E-state index in [1.165, 1.54) is 7.11 Å². The van der Waals surface area contributed by atoms with E-state index in [-0.39, 0.29) is 25.0 Å². The summed E-state index contributed by atoms with van der Waals surface area (Å²) >= 11 is 0. The van der Waals surface area contributed by atoms with E-state index in [0.29, 0.717) is 12.3 Å². The first kappa shape index (κ1) is 18.4. The Morgan fingerprint density at radius 1 is 1.12 bits per heavy atom. The molecule has 6 heteroatoms. The normalized spacial score (nSPS) is 11.4. The van der Waals surface area contributed by atoms with Gasteiger partial charge < -0.3 is 14.4 Å². The average Bonchev–Trinajstić information content (AvgIpc) is 2.66. The first-order valence-electron chi connectivity index (χ1n) is 8.03. The second kappa shape index (κ2) is 9.42. The molecule has 6 nitrogen and oxygen atoms in total. The van der Waals surface area contributed by atoms with Gasteiger partial charge in [-0.1, -0.05) is 31.2 Å². The first-order chi connectivity index (χ1) is 12.1. The third-order valence-corrected chi connectivity index (χ3v) is 3.64. The molecule has 0 saturated carbocycles. The molecule has 0 radical (unpaired) electrons. The number of pyridine rings is 1. The summed E-state index contributed by atoms with van der Waals surface area (Å²) in [5, 5.41) is 0.